The molecule has 19 heavy (non-hydrogen) atoms. The summed E-state index contributed by atoms with van der Waals surface area (Å²) in [5, 5.41) is 20.8. The van der Waals surface area contributed by atoms with E-state index in [1.54, 1.807) is 11.3 Å². The van der Waals surface area contributed by atoms with Crippen molar-refractivity contribution < 1.29 is 5.11 Å². The average molecular weight is 277 g/mol. The van der Waals surface area contributed by atoms with Crippen molar-refractivity contribution in [3.8, 4) is 6.07 Å². The summed E-state index contributed by atoms with van der Waals surface area (Å²) in [6.07, 6.45) is 4.98. The fourth-order valence-corrected chi connectivity index (χ4v) is 4.34. The second kappa shape index (κ2) is 5.26. The lowest BCUT2D eigenvalue weighted by atomic mass is 9.61. The van der Waals surface area contributed by atoms with Crippen molar-refractivity contribution in [3.63, 3.8) is 0 Å². The van der Waals surface area contributed by atoms with E-state index in [2.05, 4.69) is 13.0 Å². The van der Waals surface area contributed by atoms with Crippen LogP contribution in [0.4, 0.5) is 0 Å². The molecular formula is C16H23NOS. The van der Waals surface area contributed by atoms with Gasteiger partial charge in [-0.2, -0.15) is 5.26 Å². The molecule has 1 aliphatic rings. The summed E-state index contributed by atoms with van der Waals surface area (Å²) in [4.78, 5) is 2.12. The number of thiophene rings is 1. The first-order valence-corrected chi connectivity index (χ1v) is 7.97. The van der Waals surface area contributed by atoms with E-state index in [-0.39, 0.29) is 0 Å². The smallest absolute Gasteiger partial charge is 0.114 e. The van der Waals surface area contributed by atoms with Gasteiger partial charge in [0, 0.05) is 9.75 Å². The third-order valence-electron chi connectivity index (χ3n) is 4.80. The van der Waals surface area contributed by atoms with Crippen molar-refractivity contribution in [2.24, 2.45) is 11.3 Å². The first kappa shape index (κ1) is 14.6. The summed E-state index contributed by atoms with van der Waals surface area (Å²) < 4.78 is 0. The Labute approximate surface area is 120 Å². The monoisotopic (exact) mass is 277 g/mol. The maximum absolute atomic E-state index is 11.1. The summed E-state index contributed by atoms with van der Waals surface area (Å²) in [6.45, 7) is 6.06. The summed E-state index contributed by atoms with van der Waals surface area (Å²) in [5.74, 6) is 0.570. The van der Waals surface area contributed by atoms with E-state index < -0.39 is 11.0 Å². The third kappa shape index (κ3) is 2.44. The summed E-state index contributed by atoms with van der Waals surface area (Å²) in [7, 11) is 0. The van der Waals surface area contributed by atoms with Crippen LogP contribution in [0.15, 0.2) is 12.1 Å². The third-order valence-corrected chi connectivity index (χ3v) is 6.01. The first-order chi connectivity index (χ1) is 8.95. The number of nitriles is 1. The Kier molecular flexibility index (Phi) is 4.03. The molecule has 1 aliphatic carbocycles. The Bertz CT molecular complexity index is 485. The maximum Gasteiger partial charge on any atom is 0.114 e. The second-order valence-corrected chi connectivity index (χ2v) is 7.33. The fourth-order valence-electron chi connectivity index (χ4n) is 3.32. The zero-order valence-corrected chi connectivity index (χ0v) is 12.9. The summed E-state index contributed by atoms with van der Waals surface area (Å²) in [6, 6.07) is 6.49. The standard InChI is InChI=1S/C16H23NOS/c1-4-13-6-5-9-16(10-13,11-17)15(3,18)14-8-7-12(2)19-14/h7-8,13,18H,4-6,9-10H2,1-3H3. The van der Waals surface area contributed by atoms with E-state index in [0.29, 0.717) is 5.92 Å². The molecule has 1 aromatic heterocycles. The van der Waals surface area contributed by atoms with Crippen molar-refractivity contribution >= 4 is 11.3 Å². The Morgan fingerprint density at radius 1 is 1.58 bits per heavy atom. The normalized spacial score (nSPS) is 30.6. The molecule has 1 fully saturated rings. The SMILES string of the molecule is CCC1CCCC(C#N)(C(C)(O)c2ccc(C)s2)C1. The molecule has 0 spiro atoms. The molecule has 1 heterocycles. The van der Waals surface area contributed by atoms with Gasteiger partial charge in [-0.15, -0.1) is 11.3 Å². The minimum absolute atomic E-state index is 0.570. The van der Waals surface area contributed by atoms with Gasteiger partial charge in [-0.1, -0.05) is 26.2 Å². The van der Waals surface area contributed by atoms with Crippen molar-refractivity contribution in [2.45, 2.75) is 58.5 Å². The molecule has 0 aliphatic heterocycles. The highest BCUT2D eigenvalue weighted by Gasteiger charge is 2.51. The highest BCUT2D eigenvalue weighted by Crippen LogP contribution is 2.52. The number of hydrogen-bond acceptors (Lipinski definition) is 3. The highest BCUT2D eigenvalue weighted by molar-refractivity contribution is 7.12. The molecule has 0 saturated heterocycles. The average Bonchev–Trinajstić information content (AvgIpc) is 2.85. The van der Waals surface area contributed by atoms with Gasteiger partial charge in [-0.05, 0) is 44.7 Å². The van der Waals surface area contributed by atoms with Crippen LogP contribution in [0, 0.1) is 29.6 Å². The molecule has 1 N–H and O–H groups in total. The van der Waals surface area contributed by atoms with Crippen molar-refractivity contribution in [1.82, 2.24) is 0 Å². The molecule has 3 atom stereocenters. The van der Waals surface area contributed by atoms with Crippen LogP contribution in [-0.4, -0.2) is 5.11 Å². The van der Waals surface area contributed by atoms with E-state index >= 15 is 0 Å². The predicted molar refractivity (Wildman–Crippen MR) is 78.9 cm³/mol. The molecule has 0 bridgehead atoms. The van der Waals surface area contributed by atoms with E-state index in [0.717, 1.165) is 30.6 Å². The van der Waals surface area contributed by atoms with Crippen molar-refractivity contribution in [2.75, 3.05) is 0 Å². The zero-order valence-electron chi connectivity index (χ0n) is 12.1. The minimum atomic E-state index is -1.03. The quantitative estimate of drug-likeness (QED) is 0.891. The number of aliphatic hydroxyl groups is 1. The Balaban J connectivity index is 2.37. The molecule has 1 saturated carbocycles. The van der Waals surface area contributed by atoms with Gasteiger partial charge >= 0.3 is 0 Å². The van der Waals surface area contributed by atoms with Crippen molar-refractivity contribution in [1.29, 1.82) is 5.26 Å². The maximum atomic E-state index is 11.1. The van der Waals surface area contributed by atoms with Crippen LogP contribution in [0.25, 0.3) is 0 Å². The van der Waals surface area contributed by atoms with E-state index in [1.807, 2.05) is 26.0 Å². The lowest BCUT2D eigenvalue weighted by Gasteiger charge is -2.44. The van der Waals surface area contributed by atoms with Gasteiger partial charge in [0.15, 0.2) is 0 Å². The molecule has 1 aromatic rings. The van der Waals surface area contributed by atoms with E-state index in [4.69, 9.17) is 0 Å². The molecule has 2 rings (SSSR count). The van der Waals surface area contributed by atoms with Crippen LogP contribution >= 0.6 is 11.3 Å². The largest absolute Gasteiger partial charge is 0.383 e. The lowest BCUT2D eigenvalue weighted by Crippen LogP contribution is -2.45. The van der Waals surface area contributed by atoms with Gasteiger partial charge in [0.25, 0.3) is 0 Å². The zero-order chi connectivity index (χ0) is 14.1. The van der Waals surface area contributed by atoms with Gasteiger partial charge in [-0.3, -0.25) is 0 Å². The van der Waals surface area contributed by atoms with Crippen LogP contribution in [0.1, 0.15) is 55.7 Å². The van der Waals surface area contributed by atoms with Crippen LogP contribution in [0.5, 0.6) is 0 Å². The first-order valence-electron chi connectivity index (χ1n) is 7.16. The van der Waals surface area contributed by atoms with E-state index in [1.165, 1.54) is 11.3 Å². The highest BCUT2D eigenvalue weighted by atomic mass is 32.1. The number of nitrogens with zero attached hydrogens (tertiary/aromatic N) is 1. The lowest BCUT2D eigenvalue weighted by molar-refractivity contribution is -0.0711. The topological polar surface area (TPSA) is 44.0 Å². The number of aryl methyl sites for hydroxylation is 1. The minimum Gasteiger partial charge on any atom is -0.383 e. The van der Waals surface area contributed by atoms with Crippen LogP contribution < -0.4 is 0 Å². The molecule has 0 radical (unpaired) electrons. The van der Waals surface area contributed by atoms with Crippen LogP contribution in [0.3, 0.4) is 0 Å². The Morgan fingerprint density at radius 2 is 2.32 bits per heavy atom. The molecule has 0 aromatic carbocycles. The molecule has 3 heteroatoms. The Hall–Kier alpha value is -0.850. The molecule has 0 amide bonds. The summed E-state index contributed by atoms with van der Waals surface area (Å²) in [5.41, 5.74) is -1.66. The fraction of sp³-hybridized carbons (Fsp3) is 0.688. The van der Waals surface area contributed by atoms with Gasteiger partial charge in [-0.25, -0.2) is 0 Å². The number of hydrogen-bond donors (Lipinski definition) is 1. The predicted octanol–water partition coefficient (Wildman–Crippen LogP) is 4.37. The van der Waals surface area contributed by atoms with Gasteiger partial charge in [0.1, 0.15) is 5.60 Å². The van der Waals surface area contributed by atoms with E-state index in [9.17, 15) is 10.4 Å². The van der Waals surface area contributed by atoms with Gasteiger partial charge in [0.2, 0.25) is 0 Å². The molecule has 2 nitrogen and oxygen atoms in total. The molecule has 3 unspecified atom stereocenters. The van der Waals surface area contributed by atoms with Gasteiger partial charge < -0.3 is 5.11 Å². The molecule has 104 valence electrons. The van der Waals surface area contributed by atoms with Crippen molar-refractivity contribution in [3.05, 3.63) is 21.9 Å². The van der Waals surface area contributed by atoms with Crippen LogP contribution in [0.2, 0.25) is 0 Å². The van der Waals surface area contributed by atoms with Gasteiger partial charge in [0.05, 0.1) is 11.5 Å². The summed E-state index contributed by atoms with van der Waals surface area (Å²) >= 11 is 1.61. The number of rotatable bonds is 3. The second-order valence-electron chi connectivity index (χ2n) is 6.05. The van der Waals surface area contributed by atoms with Crippen LogP contribution in [-0.2, 0) is 5.60 Å². The molecular weight excluding hydrogens is 254 g/mol. The Morgan fingerprint density at radius 3 is 2.84 bits per heavy atom.